The van der Waals surface area contributed by atoms with Crippen LogP contribution in [0, 0.1) is 0 Å². The van der Waals surface area contributed by atoms with Crippen LogP contribution in [-0.2, 0) is 13.1 Å². The van der Waals surface area contributed by atoms with Gasteiger partial charge in [0, 0.05) is 13.1 Å². The second kappa shape index (κ2) is 4.30. The molecule has 3 aromatic rings. The van der Waals surface area contributed by atoms with Crippen LogP contribution in [-0.4, -0.2) is 37.4 Å². The van der Waals surface area contributed by atoms with E-state index < -0.39 is 5.97 Å². The van der Waals surface area contributed by atoms with Gasteiger partial charge in [-0.05, 0) is 18.2 Å². The van der Waals surface area contributed by atoms with E-state index in [0.29, 0.717) is 23.7 Å². The molecule has 8 nitrogen and oxygen atoms in total. The Hall–Kier alpha value is -2.90. The fraction of sp³-hybridized carbons (Fsp3) is 0.231. The Labute approximate surface area is 118 Å². The third kappa shape index (κ3) is 1.92. The van der Waals surface area contributed by atoms with Gasteiger partial charge in [-0.2, -0.15) is 4.98 Å². The number of rotatable bonds is 2. The summed E-state index contributed by atoms with van der Waals surface area (Å²) in [7, 11) is 0. The fourth-order valence-corrected chi connectivity index (χ4v) is 2.41. The SMILES string of the molecule is O=C(O)c1ccc2nc(N3CCn4cnnc4C3)oc2c1. The fourth-order valence-electron chi connectivity index (χ4n) is 2.41. The first-order valence-electron chi connectivity index (χ1n) is 6.46. The average molecular weight is 285 g/mol. The molecule has 0 atom stereocenters. The summed E-state index contributed by atoms with van der Waals surface area (Å²) in [5, 5.41) is 16.9. The predicted octanol–water partition coefficient (Wildman–Crippen LogP) is 1.14. The lowest BCUT2D eigenvalue weighted by Crippen LogP contribution is -2.33. The zero-order chi connectivity index (χ0) is 14.4. The molecule has 8 heteroatoms. The van der Waals surface area contributed by atoms with Crippen molar-refractivity contribution in [2.24, 2.45) is 0 Å². The van der Waals surface area contributed by atoms with Gasteiger partial charge in [-0.25, -0.2) is 4.79 Å². The van der Waals surface area contributed by atoms with Crippen LogP contribution < -0.4 is 4.90 Å². The van der Waals surface area contributed by atoms with Crippen LogP contribution in [0.4, 0.5) is 6.01 Å². The molecule has 106 valence electrons. The first kappa shape index (κ1) is 11.9. The molecule has 3 heterocycles. The van der Waals surface area contributed by atoms with E-state index in [9.17, 15) is 4.79 Å². The van der Waals surface area contributed by atoms with Crippen LogP contribution in [0.1, 0.15) is 16.2 Å². The average Bonchev–Trinajstić information content (AvgIpc) is 3.11. The Balaban J connectivity index is 1.70. The van der Waals surface area contributed by atoms with Gasteiger partial charge in [0.1, 0.15) is 11.8 Å². The molecule has 0 fully saturated rings. The maximum atomic E-state index is 11.0. The highest BCUT2D eigenvalue weighted by atomic mass is 16.4. The van der Waals surface area contributed by atoms with Gasteiger partial charge in [-0.1, -0.05) is 0 Å². The van der Waals surface area contributed by atoms with E-state index in [1.165, 1.54) is 12.1 Å². The Morgan fingerprint density at radius 3 is 3.10 bits per heavy atom. The lowest BCUT2D eigenvalue weighted by molar-refractivity contribution is 0.0697. The van der Waals surface area contributed by atoms with Crippen molar-refractivity contribution >= 4 is 23.1 Å². The minimum Gasteiger partial charge on any atom is -0.478 e. The monoisotopic (exact) mass is 285 g/mol. The minimum absolute atomic E-state index is 0.184. The second-order valence-corrected chi connectivity index (χ2v) is 4.85. The number of carbonyl (C=O) groups is 1. The molecule has 0 bridgehead atoms. The summed E-state index contributed by atoms with van der Waals surface area (Å²) in [5.74, 6) is -0.129. The first-order valence-corrected chi connectivity index (χ1v) is 6.46. The van der Waals surface area contributed by atoms with Crippen molar-refractivity contribution in [2.75, 3.05) is 11.4 Å². The minimum atomic E-state index is -0.985. The van der Waals surface area contributed by atoms with E-state index in [0.717, 1.165) is 18.9 Å². The highest BCUT2D eigenvalue weighted by Crippen LogP contribution is 2.25. The topological polar surface area (TPSA) is 97.3 Å². The van der Waals surface area contributed by atoms with E-state index >= 15 is 0 Å². The van der Waals surface area contributed by atoms with E-state index in [1.54, 1.807) is 12.4 Å². The molecule has 0 unspecified atom stereocenters. The zero-order valence-electron chi connectivity index (χ0n) is 10.9. The lowest BCUT2D eigenvalue weighted by atomic mass is 10.2. The van der Waals surface area contributed by atoms with Gasteiger partial charge in [0.25, 0.3) is 6.01 Å². The standard InChI is InChI=1S/C13H11N5O3/c19-12(20)8-1-2-9-10(5-8)21-13(15-9)17-3-4-18-7-14-16-11(18)6-17/h1-2,5,7H,3-4,6H2,(H,19,20). The maximum absolute atomic E-state index is 11.0. The molecule has 4 rings (SSSR count). The summed E-state index contributed by atoms with van der Waals surface area (Å²) in [5.41, 5.74) is 1.29. The van der Waals surface area contributed by atoms with Crippen molar-refractivity contribution < 1.29 is 14.3 Å². The maximum Gasteiger partial charge on any atom is 0.335 e. The largest absolute Gasteiger partial charge is 0.478 e. The molecule has 2 aromatic heterocycles. The quantitative estimate of drug-likeness (QED) is 0.753. The molecule has 1 aliphatic rings. The predicted molar refractivity (Wildman–Crippen MR) is 72.0 cm³/mol. The van der Waals surface area contributed by atoms with Crippen molar-refractivity contribution in [3.63, 3.8) is 0 Å². The number of fused-ring (bicyclic) bond motifs is 2. The van der Waals surface area contributed by atoms with Crippen molar-refractivity contribution in [1.82, 2.24) is 19.7 Å². The number of aromatic nitrogens is 4. The third-order valence-electron chi connectivity index (χ3n) is 3.53. The summed E-state index contributed by atoms with van der Waals surface area (Å²) in [6.45, 7) is 2.07. The highest BCUT2D eigenvalue weighted by molar-refractivity contribution is 5.92. The van der Waals surface area contributed by atoms with Crippen LogP contribution in [0.5, 0.6) is 0 Å². The Bertz CT molecular complexity index is 837. The van der Waals surface area contributed by atoms with Crippen LogP contribution in [0.25, 0.3) is 11.1 Å². The zero-order valence-corrected chi connectivity index (χ0v) is 10.9. The number of carboxylic acids is 1. The first-order chi connectivity index (χ1) is 10.2. The second-order valence-electron chi connectivity index (χ2n) is 4.85. The Morgan fingerprint density at radius 1 is 1.33 bits per heavy atom. The van der Waals surface area contributed by atoms with Crippen molar-refractivity contribution in [2.45, 2.75) is 13.1 Å². The molecule has 0 amide bonds. The third-order valence-corrected chi connectivity index (χ3v) is 3.53. The van der Waals surface area contributed by atoms with Gasteiger partial charge < -0.3 is 19.0 Å². The summed E-state index contributed by atoms with van der Waals surface area (Å²) in [6, 6.07) is 5.13. The number of hydrogen-bond acceptors (Lipinski definition) is 6. The van der Waals surface area contributed by atoms with Gasteiger partial charge in [0.15, 0.2) is 11.4 Å². The molecule has 0 radical (unpaired) electrons. The summed E-state index contributed by atoms with van der Waals surface area (Å²) >= 11 is 0. The van der Waals surface area contributed by atoms with Gasteiger partial charge >= 0.3 is 5.97 Å². The van der Waals surface area contributed by atoms with Crippen LogP contribution in [0.15, 0.2) is 28.9 Å². The molecule has 0 saturated heterocycles. The molecule has 1 N–H and O–H groups in total. The number of benzene rings is 1. The summed E-state index contributed by atoms with van der Waals surface area (Å²) < 4.78 is 7.67. The van der Waals surface area contributed by atoms with Gasteiger partial charge in [0.2, 0.25) is 0 Å². The summed E-state index contributed by atoms with van der Waals surface area (Å²) in [6.07, 6.45) is 1.71. The van der Waals surface area contributed by atoms with Crippen molar-refractivity contribution in [3.8, 4) is 0 Å². The molecular formula is C13H11N5O3. The highest BCUT2D eigenvalue weighted by Gasteiger charge is 2.22. The smallest absolute Gasteiger partial charge is 0.335 e. The molecular weight excluding hydrogens is 274 g/mol. The Morgan fingerprint density at radius 2 is 2.24 bits per heavy atom. The number of nitrogens with zero attached hydrogens (tertiary/aromatic N) is 5. The van der Waals surface area contributed by atoms with E-state index in [2.05, 4.69) is 15.2 Å². The Kier molecular flexibility index (Phi) is 2.44. The molecule has 1 aliphatic heterocycles. The number of oxazole rings is 1. The van der Waals surface area contributed by atoms with Crippen LogP contribution in [0.2, 0.25) is 0 Å². The molecule has 1 aromatic carbocycles. The van der Waals surface area contributed by atoms with E-state index in [1.807, 2.05) is 9.47 Å². The number of anilines is 1. The van der Waals surface area contributed by atoms with Crippen LogP contribution in [0.3, 0.4) is 0 Å². The molecule has 21 heavy (non-hydrogen) atoms. The number of aromatic carboxylic acids is 1. The van der Waals surface area contributed by atoms with Crippen molar-refractivity contribution in [3.05, 3.63) is 35.9 Å². The van der Waals surface area contributed by atoms with Gasteiger partial charge in [-0.15, -0.1) is 10.2 Å². The van der Waals surface area contributed by atoms with E-state index in [-0.39, 0.29) is 5.56 Å². The van der Waals surface area contributed by atoms with Crippen LogP contribution >= 0.6 is 0 Å². The van der Waals surface area contributed by atoms with Crippen molar-refractivity contribution in [1.29, 1.82) is 0 Å². The number of hydrogen-bond donors (Lipinski definition) is 1. The van der Waals surface area contributed by atoms with Gasteiger partial charge in [0.05, 0.1) is 12.1 Å². The molecule has 0 saturated carbocycles. The summed E-state index contributed by atoms with van der Waals surface area (Å²) in [4.78, 5) is 17.3. The molecule has 0 spiro atoms. The lowest BCUT2D eigenvalue weighted by Gasteiger charge is -2.25. The molecule has 0 aliphatic carbocycles. The number of carboxylic acid groups (broad SMARTS) is 1. The normalized spacial score (nSPS) is 14.4. The van der Waals surface area contributed by atoms with Gasteiger partial charge in [-0.3, -0.25) is 0 Å². The van der Waals surface area contributed by atoms with E-state index in [4.69, 9.17) is 9.52 Å².